The molecule has 25 heavy (non-hydrogen) atoms. The number of para-hydroxylation sites is 1. The molecule has 2 heterocycles. The highest BCUT2D eigenvalue weighted by molar-refractivity contribution is 7.13. The van der Waals surface area contributed by atoms with Crippen LogP contribution in [0.3, 0.4) is 0 Å². The number of rotatable bonds is 5. The van der Waals surface area contributed by atoms with Gasteiger partial charge < -0.3 is 10.3 Å². The van der Waals surface area contributed by atoms with Crippen molar-refractivity contribution in [2.24, 2.45) is 0 Å². The minimum atomic E-state index is -0.000913. The van der Waals surface area contributed by atoms with Gasteiger partial charge in [0.25, 0.3) is 0 Å². The van der Waals surface area contributed by atoms with E-state index in [-0.39, 0.29) is 5.91 Å². The maximum absolute atomic E-state index is 12.3. The van der Waals surface area contributed by atoms with Gasteiger partial charge in [0.2, 0.25) is 5.91 Å². The predicted molar refractivity (Wildman–Crippen MR) is 101 cm³/mol. The lowest BCUT2D eigenvalue weighted by Gasteiger charge is -2.03. The van der Waals surface area contributed by atoms with Gasteiger partial charge in [-0.25, -0.2) is 4.98 Å². The van der Waals surface area contributed by atoms with Gasteiger partial charge in [0, 0.05) is 28.0 Å². The lowest BCUT2D eigenvalue weighted by molar-refractivity contribution is -0.120. The first-order valence-corrected chi connectivity index (χ1v) is 8.99. The molecule has 2 aromatic heterocycles. The van der Waals surface area contributed by atoms with Crippen LogP contribution in [-0.4, -0.2) is 15.9 Å². The maximum Gasteiger partial charge on any atom is 0.224 e. The standard InChI is InChI=1S/C20H17N3OS/c24-19(10-15-11-21-18-9-5-4-8-17(15)18)22-12-16-13-25-20(23-16)14-6-2-1-3-7-14/h1-9,11,13,21H,10,12H2,(H,22,24). The normalized spacial score (nSPS) is 10.9. The van der Waals surface area contributed by atoms with Crippen LogP contribution in [0.15, 0.2) is 66.2 Å². The molecule has 0 atom stereocenters. The lowest BCUT2D eigenvalue weighted by Crippen LogP contribution is -2.24. The highest BCUT2D eigenvalue weighted by Gasteiger charge is 2.10. The Labute approximate surface area is 149 Å². The van der Waals surface area contributed by atoms with Crippen molar-refractivity contribution in [2.45, 2.75) is 13.0 Å². The van der Waals surface area contributed by atoms with E-state index < -0.39 is 0 Å². The van der Waals surface area contributed by atoms with E-state index in [2.05, 4.69) is 15.3 Å². The Morgan fingerprint density at radius 2 is 1.88 bits per heavy atom. The summed E-state index contributed by atoms with van der Waals surface area (Å²) < 4.78 is 0. The largest absolute Gasteiger partial charge is 0.361 e. The lowest BCUT2D eigenvalue weighted by atomic mass is 10.1. The molecule has 0 bridgehead atoms. The molecule has 0 aliphatic rings. The molecule has 0 fully saturated rings. The molecule has 4 rings (SSSR count). The van der Waals surface area contributed by atoms with Crippen LogP contribution in [0.25, 0.3) is 21.5 Å². The van der Waals surface area contributed by atoms with Crippen molar-refractivity contribution in [3.63, 3.8) is 0 Å². The molecular formula is C20H17N3OS. The van der Waals surface area contributed by atoms with Crippen LogP contribution in [0.2, 0.25) is 0 Å². The van der Waals surface area contributed by atoms with E-state index in [0.29, 0.717) is 13.0 Å². The summed E-state index contributed by atoms with van der Waals surface area (Å²) in [5, 5.41) is 7.02. The first kappa shape index (κ1) is 15.6. The van der Waals surface area contributed by atoms with E-state index in [1.807, 2.05) is 66.2 Å². The fourth-order valence-electron chi connectivity index (χ4n) is 2.80. The number of carbonyl (C=O) groups is 1. The van der Waals surface area contributed by atoms with Crippen molar-refractivity contribution < 1.29 is 4.79 Å². The summed E-state index contributed by atoms with van der Waals surface area (Å²) in [5.74, 6) is -0.000913. The van der Waals surface area contributed by atoms with Crippen LogP contribution in [0.5, 0.6) is 0 Å². The highest BCUT2D eigenvalue weighted by atomic mass is 32.1. The quantitative estimate of drug-likeness (QED) is 0.570. The number of aromatic amines is 1. The second kappa shape index (κ2) is 6.91. The van der Waals surface area contributed by atoms with Gasteiger partial charge in [-0.1, -0.05) is 48.5 Å². The molecule has 0 saturated heterocycles. The summed E-state index contributed by atoms with van der Waals surface area (Å²) in [6, 6.07) is 18.1. The number of H-pyrrole nitrogens is 1. The first-order chi connectivity index (χ1) is 12.3. The molecule has 5 heteroatoms. The third-order valence-electron chi connectivity index (χ3n) is 4.07. The summed E-state index contributed by atoms with van der Waals surface area (Å²) >= 11 is 1.59. The van der Waals surface area contributed by atoms with Crippen molar-refractivity contribution in [3.05, 3.63) is 77.4 Å². The summed E-state index contributed by atoms with van der Waals surface area (Å²) in [5.41, 5.74) is 4.05. The summed E-state index contributed by atoms with van der Waals surface area (Å²) in [4.78, 5) is 20.1. The molecule has 1 amide bonds. The SMILES string of the molecule is O=C(Cc1c[nH]c2ccccc12)NCc1csc(-c2ccccc2)n1. The Kier molecular flexibility index (Phi) is 4.31. The van der Waals surface area contributed by atoms with Gasteiger partial charge in [-0.15, -0.1) is 11.3 Å². The number of aromatic nitrogens is 2. The fourth-order valence-corrected chi connectivity index (χ4v) is 3.63. The van der Waals surface area contributed by atoms with Crippen LogP contribution < -0.4 is 5.32 Å². The predicted octanol–water partition coefficient (Wildman–Crippen LogP) is 4.15. The van der Waals surface area contributed by atoms with Crippen molar-refractivity contribution in [1.82, 2.24) is 15.3 Å². The van der Waals surface area contributed by atoms with Crippen LogP contribution in [0.1, 0.15) is 11.3 Å². The maximum atomic E-state index is 12.3. The number of carbonyl (C=O) groups excluding carboxylic acids is 1. The van der Waals surface area contributed by atoms with E-state index in [0.717, 1.165) is 32.7 Å². The zero-order valence-electron chi connectivity index (χ0n) is 13.5. The number of amides is 1. The van der Waals surface area contributed by atoms with E-state index in [9.17, 15) is 4.79 Å². The monoisotopic (exact) mass is 347 g/mol. The Hall–Kier alpha value is -2.92. The van der Waals surface area contributed by atoms with E-state index >= 15 is 0 Å². The number of nitrogens with one attached hydrogen (secondary N) is 2. The van der Waals surface area contributed by atoms with Crippen molar-refractivity contribution in [2.75, 3.05) is 0 Å². The minimum Gasteiger partial charge on any atom is -0.361 e. The fraction of sp³-hybridized carbons (Fsp3) is 0.100. The van der Waals surface area contributed by atoms with E-state index in [1.165, 1.54) is 0 Å². The first-order valence-electron chi connectivity index (χ1n) is 8.11. The Balaban J connectivity index is 1.38. The van der Waals surface area contributed by atoms with Gasteiger partial charge in [0.05, 0.1) is 18.7 Å². The molecule has 0 aliphatic carbocycles. The number of fused-ring (bicyclic) bond motifs is 1. The number of hydrogen-bond acceptors (Lipinski definition) is 3. The van der Waals surface area contributed by atoms with Crippen molar-refractivity contribution in [1.29, 1.82) is 0 Å². The van der Waals surface area contributed by atoms with E-state index in [1.54, 1.807) is 11.3 Å². The topological polar surface area (TPSA) is 57.8 Å². The van der Waals surface area contributed by atoms with Crippen molar-refractivity contribution >= 4 is 28.1 Å². The number of thiazole rings is 1. The van der Waals surface area contributed by atoms with Crippen LogP contribution in [0, 0.1) is 0 Å². The number of nitrogens with zero attached hydrogens (tertiary/aromatic N) is 1. The Bertz CT molecular complexity index is 1000. The molecule has 0 saturated carbocycles. The molecule has 2 N–H and O–H groups in total. The van der Waals surface area contributed by atoms with Gasteiger partial charge in [0.1, 0.15) is 5.01 Å². The van der Waals surface area contributed by atoms with Gasteiger partial charge in [-0.05, 0) is 11.6 Å². The van der Waals surface area contributed by atoms with Gasteiger partial charge >= 0.3 is 0 Å². The summed E-state index contributed by atoms with van der Waals surface area (Å²) in [6.07, 6.45) is 2.26. The average molecular weight is 347 g/mol. The van der Waals surface area contributed by atoms with Crippen molar-refractivity contribution in [3.8, 4) is 10.6 Å². The molecule has 2 aromatic carbocycles. The second-order valence-electron chi connectivity index (χ2n) is 5.82. The summed E-state index contributed by atoms with van der Waals surface area (Å²) in [7, 11) is 0. The summed E-state index contributed by atoms with van der Waals surface area (Å²) in [6.45, 7) is 0.449. The van der Waals surface area contributed by atoms with Gasteiger partial charge in [-0.2, -0.15) is 0 Å². The Morgan fingerprint density at radius 1 is 1.08 bits per heavy atom. The van der Waals surface area contributed by atoms with Crippen LogP contribution in [0.4, 0.5) is 0 Å². The molecule has 0 unspecified atom stereocenters. The zero-order chi connectivity index (χ0) is 17.1. The number of hydrogen-bond donors (Lipinski definition) is 2. The van der Waals surface area contributed by atoms with Crippen LogP contribution >= 0.6 is 11.3 Å². The van der Waals surface area contributed by atoms with E-state index in [4.69, 9.17) is 0 Å². The average Bonchev–Trinajstić information content (AvgIpc) is 3.28. The zero-order valence-corrected chi connectivity index (χ0v) is 14.3. The van der Waals surface area contributed by atoms with Crippen LogP contribution in [-0.2, 0) is 17.8 Å². The molecule has 0 aliphatic heterocycles. The molecule has 124 valence electrons. The van der Waals surface area contributed by atoms with Gasteiger partial charge in [-0.3, -0.25) is 4.79 Å². The van der Waals surface area contributed by atoms with Gasteiger partial charge in [0.15, 0.2) is 0 Å². The highest BCUT2D eigenvalue weighted by Crippen LogP contribution is 2.23. The number of benzene rings is 2. The second-order valence-corrected chi connectivity index (χ2v) is 6.68. The molecular weight excluding hydrogens is 330 g/mol. The third kappa shape index (κ3) is 3.46. The third-order valence-corrected chi connectivity index (χ3v) is 5.01. The molecule has 0 radical (unpaired) electrons. The molecule has 0 spiro atoms. The molecule has 4 aromatic rings. The molecule has 4 nitrogen and oxygen atoms in total. The minimum absolute atomic E-state index is 0.000913. The Morgan fingerprint density at radius 3 is 2.76 bits per heavy atom. The smallest absolute Gasteiger partial charge is 0.224 e.